The molecular weight excluding hydrogens is 438 g/mol. The summed E-state index contributed by atoms with van der Waals surface area (Å²) in [6.07, 6.45) is 0. The molecule has 0 bridgehead atoms. The zero-order valence-electron chi connectivity index (χ0n) is 14.7. The molecule has 3 aromatic rings. The highest BCUT2D eigenvalue weighted by atomic mass is 79.9. The Balaban J connectivity index is 1.42. The molecule has 2 nitrogen and oxygen atoms in total. The maximum Gasteiger partial charge on any atom is 0.234 e. The number of nitrogens with one attached hydrogen (secondary N) is 1. The molecule has 27 heavy (non-hydrogen) atoms. The number of hydrogen-bond acceptors (Lipinski definition) is 3. The van der Waals surface area contributed by atoms with Crippen molar-refractivity contribution in [2.75, 3.05) is 11.1 Å². The van der Waals surface area contributed by atoms with Crippen LogP contribution in [-0.4, -0.2) is 11.7 Å². The second-order valence-corrected chi connectivity index (χ2v) is 8.82. The van der Waals surface area contributed by atoms with Crippen LogP contribution in [0.15, 0.2) is 88.2 Å². The molecule has 0 atom stereocenters. The van der Waals surface area contributed by atoms with Gasteiger partial charge in [0.05, 0.1) is 5.75 Å². The summed E-state index contributed by atoms with van der Waals surface area (Å²) >= 11 is 6.96. The SMILES string of the molecule is O=C(CSCc1ccccc1Br)Nc1ccc(CSc2ccccc2)cc1. The van der Waals surface area contributed by atoms with E-state index in [2.05, 4.69) is 63.7 Å². The van der Waals surface area contributed by atoms with Gasteiger partial charge in [-0.15, -0.1) is 23.5 Å². The van der Waals surface area contributed by atoms with Gasteiger partial charge in [0.25, 0.3) is 0 Å². The summed E-state index contributed by atoms with van der Waals surface area (Å²) in [5, 5.41) is 2.97. The molecule has 5 heteroatoms. The van der Waals surface area contributed by atoms with Crippen LogP contribution >= 0.6 is 39.5 Å². The van der Waals surface area contributed by atoms with Gasteiger partial charge in [0.2, 0.25) is 5.91 Å². The van der Waals surface area contributed by atoms with Crippen LogP contribution in [0.4, 0.5) is 5.69 Å². The number of carbonyl (C=O) groups is 1. The summed E-state index contributed by atoms with van der Waals surface area (Å²) < 4.78 is 1.09. The third kappa shape index (κ3) is 6.76. The van der Waals surface area contributed by atoms with Crippen molar-refractivity contribution in [3.05, 3.63) is 94.5 Å². The van der Waals surface area contributed by atoms with E-state index in [-0.39, 0.29) is 5.91 Å². The van der Waals surface area contributed by atoms with Crippen LogP contribution in [0.5, 0.6) is 0 Å². The molecule has 0 radical (unpaired) electrons. The van der Waals surface area contributed by atoms with E-state index in [0.717, 1.165) is 21.7 Å². The standard InChI is InChI=1S/C22H20BrNOS2/c23-21-9-5-4-6-18(21)15-26-16-22(25)24-19-12-10-17(11-13-19)14-27-20-7-2-1-3-8-20/h1-13H,14-16H2,(H,24,25). The molecule has 0 aliphatic carbocycles. The number of benzene rings is 3. The minimum Gasteiger partial charge on any atom is -0.325 e. The number of anilines is 1. The number of halogens is 1. The van der Waals surface area contributed by atoms with Crippen molar-refractivity contribution < 1.29 is 4.79 Å². The molecule has 1 N–H and O–H groups in total. The smallest absolute Gasteiger partial charge is 0.234 e. The highest BCUT2D eigenvalue weighted by Crippen LogP contribution is 2.24. The van der Waals surface area contributed by atoms with Crippen LogP contribution in [0.25, 0.3) is 0 Å². The van der Waals surface area contributed by atoms with Gasteiger partial charge in [0.15, 0.2) is 0 Å². The first-order chi connectivity index (χ1) is 13.2. The molecule has 3 rings (SSSR count). The Morgan fingerprint density at radius 3 is 2.30 bits per heavy atom. The second-order valence-electron chi connectivity index (χ2n) is 5.93. The van der Waals surface area contributed by atoms with E-state index in [1.165, 1.54) is 16.0 Å². The quantitative estimate of drug-likeness (QED) is 0.385. The van der Waals surface area contributed by atoms with E-state index < -0.39 is 0 Å². The van der Waals surface area contributed by atoms with Gasteiger partial charge in [-0.25, -0.2) is 0 Å². The first kappa shape index (κ1) is 20.1. The lowest BCUT2D eigenvalue weighted by Gasteiger charge is -2.07. The molecule has 0 aromatic heterocycles. The van der Waals surface area contributed by atoms with Gasteiger partial charge in [-0.3, -0.25) is 4.79 Å². The molecule has 1 amide bonds. The summed E-state index contributed by atoms with van der Waals surface area (Å²) in [5.41, 5.74) is 3.29. The van der Waals surface area contributed by atoms with Crippen molar-refractivity contribution in [1.82, 2.24) is 0 Å². The third-order valence-electron chi connectivity index (χ3n) is 3.83. The van der Waals surface area contributed by atoms with Gasteiger partial charge in [-0.1, -0.05) is 64.5 Å². The molecule has 0 spiro atoms. The minimum absolute atomic E-state index is 0.0264. The molecule has 0 saturated heterocycles. The van der Waals surface area contributed by atoms with Crippen LogP contribution in [-0.2, 0) is 16.3 Å². The van der Waals surface area contributed by atoms with E-state index in [9.17, 15) is 4.79 Å². The van der Waals surface area contributed by atoms with Gasteiger partial charge in [-0.2, -0.15) is 0 Å². The van der Waals surface area contributed by atoms with Crippen LogP contribution in [0, 0.1) is 0 Å². The van der Waals surface area contributed by atoms with Crippen LogP contribution in [0.1, 0.15) is 11.1 Å². The van der Waals surface area contributed by atoms with E-state index in [1.807, 2.05) is 48.2 Å². The largest absolute Gasteiger partial charge is 0.325 e. The average molecular weight is 458 g/mol. The highest BCUT2D eigenvalue weighted by Gasteiger charge is 2.05. The lowest BCUT2D eigenvalue weighted by molar-refractivity contribution is -0.113. The summed E-state index contributed by atoms with van der Waals surface area (Å²) in [4.78, 5) is 13.4. The maximum absolute atomic E-state index is 12.1. The molecule has 138 valence electrons. The van der Waals surface area contributed by atoms with E-state index in [4.69, 9.17) is 0 Å². The van der Waals surface area contributed by atoms with E-state index in [0.29, 0.717) is 5.75 Å². The monoisotopic (exact) mass is 457 g/mol. The topological polar surface area (TPSA) is 29.1 Å². The van der Waals surface area contributed by atoms with Gasteiger partial charge in [-0.05, 0) is 41.5 Å². The first-order valence-electron chi connectivity index (χ1n) is 8.58. The lowest BCUT2D eigenvalue weighted by atomic mass is 10.2. The van der Waals surface area contributed by atoms with Crippen LogP contribution < -0.4 is 5.32 Å². The minimum atomic E-state index is 0.0264. The molecule has 0 aliphatic rings. The average Bonchev–Trinajstić information content (AvgIpc) is 2.70. The van der Waals surface area contributed by atoms with Crippen molar-refractivity contribution in [2.45, 2.75) is 16.4 Å². The normalized spacial score (nSPS) is 10.6. The van der Waals surface area contributed by atoms with Crippen molar-refractivity contribution in [3.8, 4) is 0 Å². The summed E-state index contributed by atoms with van der Waals surface area (Å²) in [7, 11) is 0. The first-order valence-corrected chi connectivity index (χ1v) is 11.5. The van der Waals surface area contributed by atoms with Gasteiger partial charge in [0, 0.05) is 26.6 Å². The Kier molecular flexibility index (Phi) is 7.87. The number of amides is 1. The number of carbonyl (C=O) groups excluding carboxylic acids is 1. The Morgan fingerprint density at radius 1 is 0.852 bits per heavy atom. The molecule has 0 heterocycles. The molecule has 0 fully saturated rings. The van der Waals surface area contributed by atoms with Crippen molar-refractivity contribution >= 4 is 51.0 Å². The Hall–Kier alpha value is -1.69. The molecule has 0 aliphatic heterocycles. The fourth-order valence-corrected chi connectivity index (χ4v) is 4.75. The van der Waals surface area contributed by atoms with Crippen LogP contribution in [0.3, 0.4) is 0 Å². The van der Waals surface area contributed by atoms with Crippen molar-refractivity contribution in [1.29, 1.82) is 0 Å². The Bertz CT molecular complexity index is 869. The number of hydrogen-bond donors (Lipinski definition) is 1. The molecule has 0 saturated carbocycles. The lowest BCUT2D eigenvalue weighted by Crippen LogP contribution is -2.14. The fourth-order valence-electron chi connectivity index (χ4n) is 2.43. The van der Waals surface area contributed by atoms with Gasteiger partial charge < -0.3 is 5.32 Å². The number of rotatable bonds is 8. The molecule has 3 aromatic carbocycles. The van der Waals surface area contributed by atoms with Gasteiger partial charge in [0.1, 0.15) is 0 Å². The molecule has 0 unspecified atom stereocenters. The fraction of sp³-hybridized carbons (Fsp3) is 0.136. The highest BCUT2D eigenvalue weighted by molar-refractivity contribution is 9.10. The summed E-state index contributed by atoms with van der Waals surface area (Å²) in [6.45, 7) is 0. The van der Waals surface area contributed by atoms with E-state index >= 15 is 0 Å². The maximum atomic E-state index is 12.1. The number of thioether (sulfide) groups is 2. The summed E-state index contributed by atoms with van der Waals surface area (Å²) in [5.74, 6) is 2.19. The third-order valence-corrected chi connectivity index (χ3v) is 6.67. The summed E-state index contributed by atoms with van der Waals surface area (Å²) in [6, 6.07) is 26.5. The zero-order valence-corrected chi connectivity index (χ0v) is 17.9. The van der Waals surface area contributed by atoms with E-state index in [1.54, 1.807) is 11.8 Å². The predicted molar refractivity (Wildman–Crippen MR) is 121 cm³/mol. The van der Waals surface area contributed by atoms with Crippen molar-refractivity contribution in [2.24, 2.45) is 0 Å². The van der Waals surface area contributed by atoms with Crippen LogP contribution in [0.2, 0.25) is 0 Å². The Labute approximate surface area is 177 Å². The Morgan fingerprint density at radius 2 is 1.56 bits per heavy atom. The van der Waals surface area contributed by atoms with Crippen molar-refractivity contribution in [3.63, 3.8) is 0 Å². The predicted octanol–water partition coefficient (Wildman–Crippen LogP) is 6.61. The van der Waals surface area contributed by atoms with Gasteiger partial charge >= 0.3 is 0 Å². The zero-order chi connectivity index (χ0) is 18.9. The second kappa shape index (κ2) is 10.6. The molecular formula is C22H20BrNOS2.